The molecule has 4 aromatic carbocycles. The Labute approximate surface area is 386 Å². The first kappa shape index (κ1) is 45.5. The normalized spacial score (nSPS) is 20.2. The van der Waals surface area contributed by atoms with E-state index in [0.717, 1.165) is 31.4 Å². The van der Waals surface area contributed by atoms with Crippen LogP contribution in [0.5, 0.6) is 17.4 Å². The summed E-state index contributed by atoms with van der Waals surface area (Å²) >= 11 is 0. The number of aromatic nitrogens is 3. The minimum absolute atomic E-state index is 0.0186. The van der Waals surface area contributed by atoms with Gasteiger partial charge in [-0.05, 0) is 92.3 Å². The zero-order chi connectivity index (χ0) is 47.3. The second-order valence-electron chi connectivity index (χ2n) is 17.6. The predicted molar refractivity (Wildman–Crippen MR) is 244 cm³/mol. The van der Waals surface area contributed by atoms with Crippen LogP contribution in [0.25, 0.3) is 11.3 Å². The summed E-state index contributed by atoms with van der Waals surface area (Å²) in [7, 11) is 4.77. The van der Waals surface area contributed by atoms with Gasteiger partial charge in [0.1, 0.15) is 34.7 Å². The molecule has 2 fully saturated rings. The number of halogens is 5. The van der Waals surface area contributed by atoms with Gasteiger partial charge in [-0.1, -0.05) is 54.6 Å². The van der Waals surface area contributed by atoms with Gasteiger partial charge in [0.2, 0.25) is 5.88 Å². The Morgan fingerprint density at radius 3 is 2.06 bits per heavy atom. The molecule has 16 heteroatoms. The van der Waals surface area contributed by atoms with Crippen molar-refractivity contribution in [2.24, 2.45) is 7.05 Å². The van der Waals surface area contributed by atoms with E-state index in [2.05, 4.69) is 32.4 Å². The molecule has 350 valence electrons. The van der Waals surface area contributed by atoms with Gasteiger partial charge in [0.25, 0.3) is 5.91 Å². The number of methoxy groups -OCH3 is 2. The maximum atomic E-state index is 17.9. The number of hydrogen-bond acceptors (Lipinski definition) is 9. The van der Waals surface area contributed by atoms with Crippen molar-refractivity contribution < 1.29 is 41.0 Å². The maximum absolute atomic E-state index is 17.9. The van der Waals surface area contributed by atoms with E-state index in [1.165, 1.54) is 14.2 Å². The van der Waals surface area contributed by atoms with Gasteiger partial charge in [-0.2, -0.15) is 18.3 Å². The van der Waals surface area contributed by atoms with Crippen LogP contribution in [0.3, 0.4) is 0 Å². The molecule has 2 aromatic heterocycles. The van der Waals surface area contributed by atoms with Gasteiger partial charge < -0.3 is 29.3 Å². The number of amides is 1. The number of rotatable bonds is 13. The first-order valence-corrected chi connectivity index (χ1v) is 22.3. The Morgan fingerprint density at radius 2 is 1.48 bits per heavy atom. The molecule has 2 saturated heterocycles. The number of piperazine rings is 1. The number of carbonyl (C=O) groups excluding carboxylic acids is 1. The molecule has 0 aliphatic carbocycles. The highest BCUT2D eigenvalue weighted by atomic mass is 19.4. The molecule has 3 aliphatic heterocycles. The summed E-state index contributed by atoms with van der Waals surface area (Å²) in [4.78, 5) is 25.6. The second-order valence-corrected chi connectivity index (χ2v) is 17.6. The molecular weight excluding hydrogens is 870 g/mol. The molecule has 0 saturated carbocycles. The lowest BCUT2D eigenvalue weighted by Gasteiger charge is -2.51. The summed E-state index contributed by atoms with van der Waals surface area (Å²) in [5.41, 5.74) is -1.48. The predicted octanol–water partition coefficient (Wildman–Crippen LogP) is 9.95. The number of pyridine rings is 1. The Hall–Kier alpha value is -6.68. The van der Waals surface area contributed by atoms with Crippen molar-refractivity contribution in [3.63, 3.8) is 0 Å². The van der Waals surface area contributed by atoms with Crippen molar-refractivity contribution in [3.05, 3.63) is 148 Å². The smallest absolute Gasteiger partial charge is 0.417 e. The van der Waals surface area contributed by atoms with Crippen molar-refractivity contribution in [2.75, 3.05) is 24.4 Å². The molecule has 67 heavy (non-hydrogen) atoms. The topological polar surface area (TPSA) is 97.2 Å². The highest BCUT2D eigenvalue weighted by Crippen LogP contribution is 2.49. The fourth-order valence-corrected chi connectivity index (χ4v) is 10.3. The van der Waals surface area contributed by atoms with Gasteiger partial charge in [0.05, 0.1) is 49.4 Å². The lowest BCUT2D eigenvalue weighted by Crippen LogP contribution is -2.67. The number of nitrogens with one attached hydrogen (secondary N) is 1. The first-order chi connectivity index (χ1) is 32.1. The monoisotopic (exact) mass is 921 g/mol. The van der Waals surface area contributed by atoms with E-state index in [9.17, 15) is 0 Å². The molecule has 1 N–H and O–H groups in total. The highest BCUT2D eigenvalue weighted by molar-refractivity contribution is 6.03. The molecule has 0 unspecified atom stereocenters. The van der Waals surface area contributed by atoms with Crippen molar-refractivity contribution in [2.45, 2.75) is 96.2 Å². The zero-order valence-electron chi connectivity index (χ0n) is 38.1. The van der Waals surface area contributed by atoms with Crippen LogP contribution in [0.1, 0.15) is 70.6 Å². The molecular formula is C51H52F5N7O4. The van der Waals surface area contributed by atoms with Crippen LogP contribution in [0.2, 0.25) is 0 Å². The Balaban J connectivity index is 1.21. The summed E-state index contributed by atoms with van der Waals surface area (Å²) in [6, 6.07) is 25.8. The molecule has 0 spiro atoms. The van der Waals surface area contributed by atoms with Crippen LogP contribution in [-0.4, -0.2) is 75.0 Å². The van der Waals surface area contributed by atoms with Crippen molar-refractivity contribution in [1.82, 2.24) is 24.6 Å². The van der Waals surface area contributed by atoms with E-state index in [1.54, 1.807) is 82.3 Å². The van der Waals surface area contributed by atoms with Crippen LogP contribution in [0.15, 0.2) is 97.2 Å². The maximum Gasteiger partial charge on any atom is 0.417 e. The Bertz CT molecular complexity index is 2720. The van der Waals surface area contributed by atoms with Crippen LogP contribution in [0, 0.1) is 18.6 Å². The lowest BCUT2D eigenvalue weighted by molar-refractivity contribution is -0.137. The minimum atomic E-state index is -5.17. The highest BCUT2D eigenvalue weighted by Gasteiger charge is 2.56. The van der Waals surface area contributed by atoms with Crippen LogP contribution in [0.4, 0.5) is 33.3 Å². The van der Waals surface area contributed by atoms with Crippen molar-refractivity contribution in [3.8, 4) is 28.6 Å². The third-order valence-corrected chi connectivity index (χ3v) is 13.5. The van der Waals surface area contributed by atoms with Crippen LogP contribution < -0.4 is 24.4 Å². The van der Waals surface area contributed by atoms with Gasteiger partial charge in [0.15, 0.2) is 5.82 Å². The van der Waals surface area contributed by atoms with E-state index in [4.69, 9.17) is 14.2 Å². The SMILES string of the molecule is COc1ccc(CN(Cc2ccc(OC)cc2)c2cc(-c3nc4c(c(NCc5ccn(C)n5)c3F)C(=O)N3[C@H]([C@H](C)O4)[C@@H]4CC[C@H]([C@H]3C)N4Cc3ccccc3)c(C(F)(F)F)c(C)c2F)cc1. The number of benzene rings is 4. The van der Waals surface area contributed by atoms with Gasteiger partial charge >= 0.3 is 6.18 Å². The summed E-state index contributed by atoms with van der Waals surface area (Å²) < 4.78 is 100. The third-order valence-electron chi connectivity index (χ3n) is 13.5. The van der Waals surface area contributed by atoms with Crippen molar-refractivity contribution >= 4 is 17.3 Å². The largest absolute Gasteiger partial charge is 0.497 e. The number of aryl methyl sites for hydroxylation is 1. The molecule has 11 nitrogen and oxygen atoms in total. The van der Waals surface area contributed by atoms with Gasteiger partial charge in [-0.15, -0.1) is 0 Å². The molecule has 0 radical (unpaired) electrons. The van der Waals surface area contributed by atoms with Gasteiger partial charge in [0, 0.05) is 56.6 Å². The minimum Gasteiger partial charge on any atom is -0.497 e. The summed E-state index contributed by atoms with van der Waals surface area (Å²) in [6.45, 7) is 5.47. The molecule has 6 aromatic rings. The molecule has 2 bridgehead atoms. The van der Waals surface area contributed by atoms with E-state index in [-0.39, 0.29) is 60.6 Å². The van der Waals surface area contributed by atoms with Crippen LogP contribution >= 0.6 is 0 Å². The summed E-state index contributed by atoms with van der Waals surface area (Å²) in [6.07, 6.45) is -2.59. The number of alkyl halides is 3. The van der Waals surface area contributed by atoms with Crippen LogP contribution in [-0.2, 0) is 39.4 Å². The summed E-state index contributed by atoms with van der Waals surface area (Å²) in [5.74, 6) is -2.07. The van der Waals surface area contributed by atoms with E-state index in [0.29, 0.717) is 34.9 Å². The number of hydrogen-bond donors (Lipinski definition) is 1. The third kappa shape index (κ3) is 8.63. The van der Waals surface area contributed by atoms with Crippen molar-refractivity contribution in [1.29, 1.82) is 0 Å². The standard InChI is InChI=1S/C51H52F5N7O4/c1-29-43(51(54,55)56)38(24-41(44(29)52)61(26-33-12-16-36(65-5)17-13-33)27-34-14-18-37(66-6)19-15-34)46-45(53)47(57-25-35-22-23-60(4)59-35)42-49(58-46)67-31(3)48-40-21-20-39(30(2)63(48)50(42)64)62(40)28-32-10-8-7-9-11-32/h7-19,22-24,30-31,39-40,48H,20-21,25-28H2,1-6H3,(H,57,58)/t30-,31+,39-,40+,48-/m1/s1. The molecule has 1 amide bonds. The molecule has 9 rings (SSSR count). The number of carbonyl (C=O) groups is 1. The Kier molecular flexibility index (Phi) is 12.3. The van der Waals surface area contributed by atoms with Gasteiger partial charge in [-0.3, -0.25) is 14.4 Å². The number of fused-ring (bicyclic) bond motifs is 5. The van der Waals surface area contributed by atoms with Gasteiger partial charge in [-0.25, -0.2) is 13.8 Å². The lowest BCUT2D eigenvalue weighted by atomic mass is 9.93. The quantitative estimate of drug-likeness (QED) is 0.114. The molecule has 3 aliphatic rings. The van der Waals surface area contributed by atoms with E-state index < -0.39 is 58.2 Å². The molecule has 5 heterocycles. The number of nitrogens with zero attached hydrogens (tertiary/aromatic N) is 6. The summed E-state index contributed by atoms with van der Waals surface area (Å²) in [5, 5.41) is 7.44. The fourth-order valence-electron chi connectivity index (χ4n) is 10.3. The number of anilines is 2. The van der Waals surface area contributed by atoms with E-state index in [1.807, 2.05) is 32.0 Å². The molecule has 5 atom stereocenters. The van der Waals surface area contributed by atoms with E-state index >= 15 is 26.7 Å². The Morgan fingerprint density at radius 1 is 0.851 bits per heavy atom. The average molecular weight is 922 g/mol. The fraction of sp³-hybridized carbons (Fsp3) is 0.353. The second kappa shape index (κ2) is 18.2. The zero-order valence-corrected chi connectivity index (χ0v) is 38.1. The first-order valence-electron chi connectivity index (χ1n) is 22.3. The number of ether oxygens (including phenoxy) is 3. The average Bonchev–Trinajstić information content (AvgIpc) is 3.86.